The van der Waals surface area contributed by atoms with E-state index < -0.39 is 17.2 Å². The lowest BCUT2D eigenvalue weighted by Gasteiger charge is -2.42. The molecule has 1 aliphatic heterocycles. The number of hydrogen-bond acceptors (Lipinski definition) is 3. The quantitative estimate of drug-likeness (QED) is 0.933. The lowest BCUT2D eigenvalue weighted by molar-refractivity contribution is -0.0371. The molecule has 2 rings (SSSR count). The zero-order valence-electron chi connectivity index (χ0n) is 12.5. The third-order valence-corrected chi connectivity index (χ3v) is 3.53. The van der Waals surface area contributed by atoms with Gasteiger partial charge in [0.05, 0.1) is 18.8 Å². The molecular weight excluding hydrogens is 278 g/mol. The van der Waals surface area contributed by atoms with E-state index in [1.54, 1.807) is 11.8 Å². The van der Waals surface area contributed by atoms with Crippen LogP contribution in [0.4, 0.5) is 14.5 Å². The van der Waals surface area contributed by atoms with E-state index in [-0.39, 0.29) is 17.2 Å². The van der Waals surface area contributed by atoms with Gasteiger partial charge in [0.1, 0.15) is 17.3 Å². The van der Waals surface area contributed by atoms with Crippen LogP contribution >= 0.6 is 0 Å². The Hall–Kier alpha value is -1.69. The Labute approximate surface area is 123 Å². The fourth-order valence-corrected chi connectivity index (χ4v) is 2.43. The molecule has 1 saturated heterocycles. The van der Waals surface area contributed by atoms with Gasteiger partial charge in [0.25, 0.3) is 5.91 Å². The number of halogens is 2. The van der Waals surface area contributed by atoms with Gasteiger partial charge in [-0.25, -0.2) is 8.78 Å². The molecule has 1 fully saturated rings. The summed E-state index contributed by atoms with van der Waals surface area (Å²) in [6, 6.07) is 2.16. The largest absolute Gasteiger partial charge is 0.381 e. The Morgan fingerprint density at radius 1 is 1.38 bits per heavy atom. The van der Waals surface area contributed by atoms with Crippen LogP contribution in [0, 0.1) is 11.6 Å². The molecule has 1 heterocycles. The van der Waals surface area contributed by atoms with Crippen LogP contribution < -0.4 is 5.32 Å². The first kappa shape index (κ1) is 15.7. The molecule has 4 nitrogen and oxygen atoms in total. The van der Waals surface area contributed by atoms with Gasteiger partial charge in [-0.2, -0.15) is 0 Å². The minimum absolute atomic E-state index is 0.0154. The highest BCUT2D eigenvalue weighted by molar-refractivity contribution is 5.95. The first-order valence-corrected chi connectivity index (χ1v) is 6.99. The van der Waals surface area contributed by atoms with Crippen LogP contribution in [0.25, 0.3) is 0 Å². The van der Waals surface area contributed by atoms with Gasteiger partial charge < -0.3 is 15.0 Å². The van der Waals surface area contributed by atoms with Crippen molar-refractivity contribution < 1.29 is 18.3 Å². The van der Waals surface area contributed by atoms with Crippen molar-refractivity contribution in [3.63, 3.8) is 0 Å². The molecule has 1 aromatic carbocycles. The lowest BCUT2D eigenvalue weighted by atomic mass is 10.0. The second kappa shape index (κ2) is 5.97. The van der Waals surface area contributed by atoms with Gasteiger partial charge in [0.15, 0.2) is 0 Å². The number of amides is 1. The van der Waals surface area contributed by atoms with Crippen LogP contribution in [0.15, 0.2) is 12.1 Å². The predicted molar refractivity (Wildman–Crippen MR) is 76.5 cm³/mol. The summed E-state index contributed by atoms with van der Waals surface area (Å²) in [5.41, 5.74) is -0.681. The average Bonchev–Trinajstić information content (AvgIpc) is 2.41. The molecule has 0 spiro atoms. The van der Waals surface area contributed by atoms with Crippen molar-refractivity contribution in [3.05, 3.63) is 29.3 Å². The highest BCUT2D eigenvalue weighted by Gasteiger charge is 2.35. The van der Waals surface area contributed by atoms with Crippen molar-refractivity contribution in [2.45, 2.75) is 26.3 Å². The summed E-state index contributed by atoms with van der Waals surface area (Å²) in [5, 5.41) is 2.61. The Bertz CT molecular complexity index is 523. The van der Waals surface area contributed by atoms with Gasteiger partial charge >= 0.3 is 0 Å². The maximum absolute atomic E-state index is 13.9. The summed E-state index contributed by atoms with van der Waals surface area (Å²) >= 11 is 0. The summed E-state index contributed by atoms with van der Waals surface area (Å²) < 4.78 is 33.2. The minimum Gasteiger partial charge on any atom is -0.381 e. The molecule has 1 aliphatic rings. The number of ether oxygens (including phenoxy) is 1. The summed E-state index contributed by atoms with van der Waals surface area (Å²) in [6.45, 7) is 7.11. The Balaban J connectivity index is 2.31. The van der Waals surface area contributed by atoms with Gasteiger partial charge in [0.2, 0.25) is 0 Å². The molecule has 1 aromatic rings. The number of carbonyl (C=O) groups excluding carboxylic acids is 1. The molecule has 116 valence electrons. The van der Waals surface area contributed by atoms with E-state index in [1.807, 2.05) is 13.8 Å². The number of benzene rings is 1. The molecule has 0 radical (unpaired) electrons. The second-order valence-electron chi connectivity index (χ2n) is 5.67. The number of hydrogen-bond donors (Lipinski definition) is 1. The van der Waals surface area contributed by atoms with E-state index in [1.165, 1.54) is 0 Å². The average molecular weight is 298 g/mol. The number of rotatable bonds is 3. The number of morpholine rings is 1. The highest BCUT2D eigenvalue weighted by atomic mass is 19.1. The summed E-state index contributed by atoms with van der Waals surface area (Å²) in [4.78, 5) is 14.1. The van der Waals surface area contributed by atoms with Crippen molar-refractivity contribution in [3.8, 4) is 0 Å². The third-order valence-electron chi connectivity index (χ3n) is 3.53. The van der Waals surface area contributed by atoms with Crippen LogP contribution in [-0.4, -0.2) is 42.6 Å². The molecule has 1 N–H and O–H groups in total. The van der Waals surface area contributed by atoms with Crippen LogP contribution in [0.5, 0.6) is 0 Å². The van der Waals surface area contributed by atoms with Crippen molar-refractivity contribution in [2.24, 2.45) is 0 Å². The van der Waals surface area contributed by atoms with Crippen LogP contribution in [-0.2, 0) is 4.74 Å². The zero-order valence-corrected chi connectivity index (χ0v) is 12.5. The van der Waals surface area contributed by atoms with E-state index in [2.05, 4.69) is 5.32 Å². The lowest BCUT2D eigenvalue weighted by Crippen LogP contribution is -2.55. The van der Waals surface area contributed by atoms with Crippen LogP contribution in [0.3, 0.4) is 0 Å². The van der Waals surface area contributed by atoms with Crippen LogP contribution in [0.2, 0.25) is 0 Å². The number of nitrogens with one attached hydrogen (secondary N) is 1. The molecule has 0 aliphatic carbocycles. The smallest absolute Gasteiger partial charge is 0.254 e. The van der Waals surface area contributed by atoms with Gasteiger partial charge in [-0.1, -0.05) is 0 Å². The van der Waals surface area contributed by atoms with Crippen molar-refractivity contribution >= 4 is 11.6 Å². The fourth-order valence-electron chi connectivity index (χ4n) is 2.43. The first-order chi connectivity index (χ1) is 9.86. The molecule has 21 heavy (non-hydrogen) atoms. The van der Waals surface area contributed by atoms with E-state index in [0.717, 1.165) is 12.1 Å². The molecule has 0 atom stereocenters. The standard InChI is InChI=1S/C15H20F2N2O2/c1-4-18-13-11(16)7-10(8-12(13)17)14(20)19-5-6-21-9-15(19,2)3/h7-8,18H,4-6,9H2,1-3H3. The maximum Gasteiger partial charge on any atom is 0.254 e. The monoisotopic (exact) mass is 298 g/mol. The Kier molecular flexibility index (Phi) is 4.46. The van der Waals surface area contributed by atoms with E-state index >= 15 is 0 Å². The second-order valence-corrected chi connectivity index (χ2v) is 5.67. The Morgan fingerprint density at radius 2 is 2.00 bits per heavy atom. The predicted octanol–water partition coefficient (Wildman–Crippen LogP) is 2.65. The molecule has 0 saturated carbocycles. The van der Waals surface area contributed by atoms with E-state index in [0.29, 0.717) is 26.3 Å². The highest BCUT2D eigenvalue weighted by Crippen LogP contribution is 2.25. The zero-order chi connectivity index (χ0) is 15.6. The summed E-state index contributed by atoms with van der Waals surface area (Å²) in [6.07, 6.45) is 0. The minimum atomic E-state index is -0.758. The molecule has 0 bridgehead atoms. The maximum atomic E-state index is 13.9. The van der Waals surface area contributed by atoms with E-state index in [4.69, 9.17) is 4.74 Å². The Morgan fingerprint density at radius 3 is 2.52 bits per heavy atom. The number of carbonyl (C=O) groups is 1. The number of anilines is 1. The topological polar surface area (TPSA) is 41.6 Å². The SMILES string of the molecule is CCNc1c(F)cc(C(=O)N2CCOCC2(C)C)cc1F. The first-order valence-electron chi connectivity index (χ1n) is 6.99. The van der Waals surface area contributed by atoms with Gasteiger partial charge in [-0.05, 0) is 32.9 Å². The van der Waals surface area contributed by atoms with Crippen molar-refractivity contribution in [1.29, 1.82) is 0 Å². The third kappa shape index (κ3) is 3.15. The summed E-state index contributed by atoms with van der Waals surface area (Å²) in [5.74, 6) is -1.90. The fraction of sp³-hybridized carbons (Fsp3) is 0.533. The van der Waals surface area contributed by atoms with Crippen molar-refractivity contribution in [1.82, 2.24) is 4.90 Å². The van der Waals surface area contributed by atoms with Gasteiger partial charge in [-0.3, -0.25) is 4.79 Å². The molecule has 0 unspecified atom stereocenters. The van der Waals surface area contributed by atoms with Crippen LogP contribution in [0.1, 0.15) is 31.1 Å². The van der Waals surface area contributed by atoms with Crippen molar-refractivity contribution in [2.75, 3.05) is 31.6 Å². The van der Waals surface area contributed by atoms with Gasteiger partial charge in [-0.15, -0.1) is 0 Å². The van der Waals surface area contributed by atoms with Gasteiger partial charge in [0, 0.05) is 18.7 Å². The molecule has 0 aromatic heterocycles. The summed E-state index contributed by atoms with van der Waals surface area (Å²) in [7, 11) is 0. The molecule has 6 heteroatoms. The molecular formula is C15H20F2N2O2. The molecule has 1 amide bonds. The normalized spacial score (nSPS) is 17.7. The number of nitrogens with zero attached hydrogens (tertiary/aromatic N) is 1. The van der Waals surface area contributed by atoms with E-state index in [9.17, 15) is 13.6 Å².